The largest absolute Gasteiger partial charge is 0.378 e. The molecular formula is C8H17ClN2O. The van der Waals surface area contributed by atoms with E-state index in [2.05, 4.69) is 4.90 Å². The zero-order valence-electron chi connectivity index (χ0n) is 7.24. The van der Waals surface area contributed by atoms with E-state index in [1.807, 2.05) is 0 Å². The summed E-state index contributed by atoms with van der Waals surface area (Å²) in [5, 5.41) is 0. The van der Waals surface area contributed by atoms with Crippen LogP contribution in [0, 0.1) is 0 Å². The van der Waals surface area contributed by atoms with E-state index in [0.717, 1.165) is 19.8 Å². The summed E-state index contributed by atoms with van der Waals surface area (Å²) in [6.45, 7) is 4.15. The lowest BCUT2D eigenvalue weighted by Gasteiger charge is -2.41. The van der Waals surface area contributed by atoms with Gasteiger partial charge in [-0.1, -0.05) is 0 Å². The lowest BCUT2D eigenvalue weighted by molar-refractivity contribution is -0.0717. The highest BCUT2D eigenvalue weighted by Gasteiger charge is 2.28. The quantitative estimate of drug-likeness (QED) is 0.647. The van der Waals surface area contributed by atoms with Gasteiger partial charge in [0.25, 0.3) is 0 Å². The molecule has 2 fully saturated rings. The molecule has 4 heteroatoms. The van der Waals surface area contributed by atoms with E-state index in [9.17, 15) is 0 Å². The third kappa shape index (κ3) is 2.10. The van der Waals surface area contributed by atoms with Crippen LogP contribution in [0.2, 0.25) is 0 Å². The molecule has 0 aromatic rings. The van der Waals surface area contributed by atoms with Gasteiger partial charge in [0, 0.05) is 12.6 Å². The molecule has 0 amide bonds. The van der Waals surface area contributed by atoms with Gasteiger partial charge in [-0.3, -0.25) is 4.90 Å². The number of rotatable bonds is 1. The van der Waals surface area contributed by atoms with Crippen molar-refractivity contribution in [2.24, 2.45) is 5.73 Å². The first-order valence-corrected chi connectivity index (χ1v) is 4.43. The van der Waals surface area contributed by atoms with Crippen LogP contribution in [0.15, 0.2) is 0 Å². The third-order valence-electron chi connectivity index (χ3n) is 2.63. The first kappa shape index (κ1) is 10.3. The molecule has 3 nitrogen and oxygen atoms in total. The second-order valence-corrected chi connectivity index (χ2v) is 3.59. The second kappa shape index (κ2) is 4.42. The number of ether oxygens (including phenoxy) is 1. The van der Waals surface area contributed by atoms with Gasteiger partial charge in [-0.15, -0.1) is 12.4 Å². The van der Waals surface area contributed by atoms with Crippen molar-refractivity contribution in [1.82, 2.24) is 4.90 Å². The zero-order valence-corrected chi connectivity index (χ0v) is 8.05. The average molecular weight is 193 g/mol. The molecule has 2 aliphatic rings. The van der Waals surface area contributed by atoms with Crippen LogP contribution in [0.3, 0.4) is 0 Å². The van der Waals surface area contributed by atoms with Gasteiger partial charge in [-0.2, -0.15) is 0 Å². The molecule has 0 aromatic heterocycles. The normalized spacial score (nSPS) is 32.2. The molecule has 0 aliphatic carbocycles. The van der Waals surface area contributed by atoms with Crippen LogP contribution in [-0.4, -0.2) is 43.3 Å². The monoisotopic (exact) mass is 192 g/mol. The summed E-state index contributed by atoms with van der Waals surface area (Å²) in [7, 11) is 0. The SMILES string of the molecule is Cl.NC1CCCN(C2COC2)C1. The van der Waals surface area contributed by atoms with E-state index in [4.69, 9.17) is 10.5 Å². The molecule has 0 bridgehead atoms. The Morgan fingerprint density at radius 3 is 2.58 bits per heavy atom. The number of piperidine rings is 1. The van der Waals surface area contributed by atoms with Crippen molar-refractivity contribution >= 4 is 12.4 Å². The van der Waals surface area contributed by atoms with Crippen LogP contribution in [0.25, 0.3) is 0 Å². The van der Waals surface area contributed by atoms with E-state index in [1.54, 1.807) is 0 Å². The average Bonchev–Trinajstić information content (AvgIpc) is 1.83. The Bertz CT molecular complexity index is 141. The van der Waals surface area contributed by atoms with Gasteiger partial charge in [-0.05, 0) is 19.4 Å². The summed E-state index contributed by atoms with van der Waals surface area (Å²) >= 11 is 0. The van der Waals surface area contributed by atoms with E-state index < -0.39 is 0 Å². The minimum Gasteiger partial charge on any atom is -0.378 e. The van der Waals surface area contributed by atoms with Gasteiger partial charge < -0.3 is 10.5 Å². The van der Waals surface area contributed by atoms with Gasteiger partial charge >= 0.3 is 0 Å². The van der Waals surface area contributed by atoms with E-state index in [0.29, 0.717) is 12.1 Å². The molecule has 0 spiro atoms. The van der Waals surface area contributed by atoms with Gasteiger partial charge in [0.1, 0.15) is 0 Å². The highest BCUT2D eigenvalue weighted by atomic mass is 35.5. The Kier molecular flexibility index (Phi) is 3.77. The fourth-order valence-corrected chi connectivity index (χ4v) is 1.81. The van der Waals surface area contributed by atoms with E-state index >= 15 is 0 Å². The Balaban J connectivity index is 0.000000720. The summed E-state index contributed by atoms with van der Waals surface area (Å²) in [4.78, 5) is 2.47. The maximum absolute atomic E-state index is 5.86. The van der Waals surface area contributed by atoms with Crippen LogP contribution < -0.4 is 5.73 Å². The maximum Gasteiger partial charge on any atom is 0.0645 e. The lowest BCUT2D eigenvalue weighted by Crippen LogP contribution is -2.55. The minimum atomic E-state index is 0. The van der Waals surface area contributed by atoms with Crippen LogP contribution >= 0.6 is 12.4 Å². The molecule has 72 valence electrons. The minimum absolute atomic E-state index is 0. The van der Waals surface area contributed by atoms with E-state index in [-0.39, 0.29) is 12.4 Å². The van der Waals surface area contributed by atoms with Crippen LogP contribution in [0.4, 0.5) is 0 Å². The Morgan fingerprint density at radius 2 is 2.08 bits per heavy atom. The number of likely N-dealkylation sites (tertiary alicyclic amines) is 1. The molecule has 2 rings (SSSR count). The van der Waals surface area contributed by atoms with Gasteiger partial charge in [-0.25, -0.2) is 0 Å². The zero-order chi connectivity index (χ0) is 7.68. The molecular weight excluding hydrogens is 176 g/mol. The molecule has 2 heterocycles. The standard InChI is InChI=1S/C8H16N2O.ClH/c9-7-2-1-3-10(4-7)8-5-11-6-8;/h7-8H,1-6,9H2;1H. The maximum atomic E-state index is 5.86. The molecule has 0 aromatic carbocycles. The van der Waals surface area contributed by atoms with Crippen molar-refractivity contribution in [3.8, 4) is 0 Å². The smallest absolute Gasteiger partial charge is 0.0645 e. The predicted molar refractivity (Wildman–Crippen MR) is 50.6 cm³/mol. The first-order chi connectivity index (χ1) is 5.36. The first-order valence-electron chi connectivity index (χ1n) is 4.43. The molecule has 1 atom stereocenters. The van der Waals surface area contributed by atoms with Gasteiger partial charge in [0.05, 0.1) is 19.3 Å². The van der Waals surface area contributed by atoms with Crippen LogP contribution in [-0.2, 0) is 4.74 Å². The molecule has 2 N–H and O–H groups in total. The Hall–Kier alpha value is 0.170. The van der Waals surface area contributed by atoms with E-state index in [1.165, 1.54) is 19.4 Å². The second-order valence-electron chi connectivity index (χ2n) is 3.59. The van der Waals surface area contributed by atoms with Crippen molar-refractivity contribution in [1.29, 1.82) is 0 Å². The molecule has 1 unspecified atom stereocenters. The summed E-state index contributed by atoms with van der Waals surface area (Å²) in [5.74, 6) is 0. The number of hydrogen-bond donors (Lipinski definition) is 1. The molecule has 0 radical (unpaired) electrons. The van der Waals surface area contributed by atoms with Gasteiger partial charge in [0.2, 0.25) is 0 Å². The fraction of sp³-hybridized carbons (Fsp3) is 1.00. The third-order valence-corrected chi connectivity index (χ3v) is 2.63. The van der Waals surface area contributed by atoms with Crippen LogP contribution in [0.5, 0.6) is 0 Å². The highest BCUT2D eigenvalue weighted by Crippen LogP contribution is 2.16. The lowest BCUT2D eigenvalue weighted by atomic mass is 10.0. The van der Waals surface area contributed by atoms with Crippen molar-refractivity contribution in [3.05, 3.63) is 0 Å². The molecule has 2 saturated heterocycles. The fourth-order valence-electron chi connectivity index (χ4n) is 1.81. The number of nitrogens with two attached hydrogens (primary N) is 1. The van der Waals surface area contributed by atoms with Crippen LogP contribution in [0.1, 0.15) is 12.8 Å². The van der Waals surface area contributed by atoms with Gasteiger partial charge in [0.15, 0.2) is 0 Å². The number of nitrogens with zero attached hydrogens (tertiary/aromatic N) is 1. The van der Waals surface area contributed by atoms with Crippen molar-refractivity contribution in [3.63, 3.8) is 0 Å². The molecule has 2 aliphatic heterocycles. The molecule has 12 heavy (non-hydrogen) atoms. The van der Waals surface area contributed by atoms with Crippen molar-refractivity contribution < 1.29 is 4.74 Å². The van der Waals surface area contributed by atoms with Crippen molar-refractivity contribution in [2.45, 2.75) is 24.9 Å². The predicted octanol–water partition coefficient (Wildman–Crippen LogP) is 0.230. The summed E-state index contributed by atoms with van der Waals surface area (Å²) in [6.07, 6.45) is 2.46. The summed E-state index contributed by atoms with van der Waals surface area (Å²) in [5.41, 5.74) is 5.86. The summed E-state index contributed by atoms with van der Waals surface area (Å²) in [6, 6.07) is 1.09. The Morgan fingerprint density at radius 1 is 1.33 bits per heavy atom. The molecule has 0 saturated carbocycles. The topological polar surface area (TPSA) is 38.5 Å². The van der Waals surface area contributed by atoms with Crippen molar-refractivity contribution in [2.75, 3.05) is 26.3 Å². The number of halogens is 1. The summed E-state index contributed by atoms with van der Waals surface area (Å²) < 4.78 is 5.14. The highest BCUT2D eigenvalue weighted by molar-refractivity contribution is 5.85. The Labute approximate surface area is 79.6 Å². The number of hydrogen-bond acceptors (Lipinski definition) is 3.